The lowest BCUT2D eigenvalue weighted by Gasteiger charge is -2.07. The number of pyridine rings is 1. The lowest BCUT2D eigenvalue weighted by Crippen LogP contribution is -2.14. The van der Waals surface area contributed by atoms with Gasteiger partial charge in [-0.1, -0.05) is 23.7 Å². The van der Waals surface area contributed by atoms with Crippen LogP contribution < -0.4 is 5.32 Å². The number of ketones is 2. The minimum absolute atomic E-state index is 0.0447. The van der Waals surface area contributed by atoms with Crippen molar-refractivity contribution in [1.82, 2.24) is 4.98 Å². The number of amides is 1. The van der Waals surface area contributed by atoms with Gasteiger partial charge in [-0.15, -0.1) is 0 Å². The smallest absolute Gasteiger partial charge is 0.224 e. The molecule has 0 saturated carbocycles. The van der Waals surface area contributed by atoms with Gasteiger partial charge >= 0.3 is 0 Å². The SMILES string of the molecule is O=C(CCC(=O)c1cccnc1)Nc1cccc(C(=O)c2ccc(Cl)cc2)c1. The van der Waals surface area contributed by atoms with Gasteiger partial charge in [0.15, 0.2) is 11.6 Å². The molecule has 0 radical (unpaired) electrons. The van der Waals surface area contributed by atoms with E-state index in [-0.39, 0.29) is 30.3 Å². The van der Waals surface area contributed by atoms with Crippen molar-refractivity contribution in [3.05, 3.63) is 94.8 Å². The number of Topliss-reactive ketones (excluding diaryl/α,β-unsaturated/α-hetero) is 1. The van der Waals surface area contributed by atoms with Crippen LogP contribution in [0.15, 0.2) is 73.1 Å². The number of carbonyl (C=O) groups excluding carboxylic acids is 3. The first-order valence-corrected chi connectivity index (χ1v) is 9.04. The quantitative estimate of drug-likeness (QED) is 0.597. The summed E-state index contributed by atoms with van der Waals surface area (Å²) in [7, 11) is 0. The number of rotatable bonds is 7. The van der Waals surface area contributed by atoms with Crippen LogP contribution in [0.2, 0.25) is 5.02 Å². The summed E-state index contributed by atoms with van der Waals surface area (Å²) in [4.78, 5) is 40.7. The Bertz CT molecular complexity index is 1000. The molecule has 28 heavy (non-hydrogen) atoms. The van der Waals surface area contributed by atoms with Gasteiger partial charge in [0.1, 0.15) is 0 Å². The molecule has 0 fully saturated rings. The van der Waals surface area contributed by atoms with Crippen molar-refractivity contribution in [2.75, 3.05) is 5.32 Å². The van der Waals surface area contributed by atoms with E-state index in [0.717, 1.165) is 0 Å². The molecule has 0 aliphatic carbocycles. The monoisotopic (exact) mass is 392 g/mol. The topological polar surface area (TPSA) is 76.1 Å². The van der Waals surface area contributed by atoms with Crippen LogP contribution in [0.25, 0.3) is 0 Å². The Labute approximate surface area is 167 Å². The fourth-order valence-corrected chi connectivity index (χ4v) is 2.75. The largest absolute Gasteiger partial charge is 0.326 e. The number of aromatic nitrogens is 1. The first-order valence-electron chi connectivity index (χ1n) is 8.66. The van der Waals surface area contributed by atoms with Crippen molar-refractivity contribution < 1.29 is 14.4 Å². The van der Waals surface area contributed by atoms with E-state index < -0.39 is 0 Å². The Hall–Kier alpha value is -3.31. The van der Waals surface area contributed by atoms with Crippen LogP contribution >= 0.6 is 11.6 Å². The number of hydrogen-bond donors (Lipinski definition) is 1. The molecule has 1 heterocycles. The van der Waals surface area contributed by atoms with Crippen molar-refractivity contribution in [3.63, 3.8) is 0 Å². The Kier molecular flexibility index (Phi) is 6.29. The van der Waals surface area contributed by atoms with Crippen molar-refractivity contribution in [1.29, 1.82) is 0 Å². The van der Waals surface area contributed by atoms with Crippen molar-refractivity contribution >= 4 is 34.8 Å². The summed E-state index contributed by atoms with van der Waals surface area (Å²) in [6, 6.07) is 16.6. The first kappa shape index (κ1) is 19.5. The highest BCUT2D eigenvalue weighted by atomic mass is 35.5. The van der Waals surface area contributed by atoms with E-state index in [9.17, 15) is 14.4 Å². The average Bonchev–Trinajstić information content (AvgIpc) is 2.73. The summed E-state index contributed by atoms with van der Waals surface area (Å²) < 4.78 is 0. The highest BCUT2D eigenvalue weighted by Crippen LogP contribution is 2.17. The van der Waals surface area contributed by atoms with Crippen molar-refractivity contribution in [3.8, 4) is 0 Å². The summed E-state index contributed by atoms with van der Waals surface area (Å²) in [6.45, 7) is 0. The molecule has 0 unspecified atom stereocenters. The van der Waals surface area contributed by atoms with E-state index in [1.807, 2.05) is 0 Å². The second kappa shape index (κ2) is 9.06. The Morgan fingerprint density at radius 1 is 0.857 bits per heavy atom. The van der Waals surface area contributed by atoms with Crippen LogP contribution in [-0.2, 0) is 4.79 Å². The second-order valence-electron chi connectivity index (χ2n) is 6.13. The maximum Gasteiger partial charge on any atom is 0.224 e. The van der Waals surface area contributed by atoms with Crippen LogP contribution in [-0.4, -0.2) is 22.5 Å². The van der Waals surface area contributed by atoms with Gasteiger partial charge < -0.3 is 5.32 Å². The molecule has 0 atom stereocenters. The number of nitrogens with one attached hydrogen (secondary N) is 1. The molecule has 3 rings (SSSR count). The highest BCUT2D eigenvalue weighted by molar-refractivity contribution is 6.30. The lowest BCUT2D eigenvalue weighted by atomic mass is 10.0. The molecule has 5 nitrogen and oxygen atoms in total. The van der Waals surface area contributed by atoms with E-state index in [0.29, 0.717) is 27.4 Å². The molecule has 3 aromatic rings. The Morgan fingerprint density at radius 2 is 1.61 bits per heavy atom. The number of carbonyl (C=O) groups is 3. The van der Waals surface area contributed by atoms with Gasteiger partial charge in [-0.25, -0.2) is 0 Å². The fraction of sp³-hybridized carbons (Fsp3) is 0.0909. The molecule has 6 heteroatoms. The van der Waals surface area contributed by atoms with Gasteiger partial charge in [0.05, 0.1) is 0 Å². The van der Waals surface area contributed by atoms with Crippen molar-refractivity contribution in [2.45, 2.75) is 12.8 Å². The molecule has 1 N–H and O–H groups in total. The number of anilines is 1. The van der Waals surface area contributed by atoms with Gasteiger partial charge in [0.25, 0.3) is 0 Å². The minimum atomic E-state index is -0.298. The molecule has 140 valence electrons. The predicted octanol–water partition coefficient (Wildman–Crippen LogP) is 4.57. The summed E-state index contributed by atoms with van der Waals surface area (Å²) in [5.41, 5.74) is 1.94. The van der Waals surface area contributed by atoms with Gasteiger partial charge in [0, 0.05) is 52.6 Å². The van der Waals surface area contributed by atoms with Crippen LogP contribution in [0, 0.1) is 0 Å². The molecule has 0 saturated heterocycles. The third-order valence-electron chi connectivity index (χ3n) is 4.08. The number of halogens is 1. The maximum atomic E-state index is 12.6. The zero-order valence-electron chi connectivity index (χ0n) is 14.9. The van der Waals surface area contributed by atoms with E-state index in [4.69, 9.17) is 11.6 Å². The maximum absolute atomic E-state index is 12.6. The molecule has 0 aliphatic heterocycles. The Morgan fingerprint density at radius 3 is 2.32 bits per heavy atom. The van der Waals surface area contributed by atoms with E-state index in [1.165, 1.54) is 6.20 Å². The molecular weight excluding hydrogens is 376 g/mol. The van der Waals surface area contributed by atoms with Crippen LogP contribution in [0.4, 0.5) is 5.69 Å². The predicted molar refractivity (Wildman–Crippen MR) is 108 cm³/mol. The zero-order valence-corrected chi connectivity index (χ0v) is 15.6. The normalized spacial score (nSPS) is 10.3. The molecule has 2 aromatic carbocycles. The van der Waals surface area contributed by atoms with Gasteiger partial charge in [0.2, 0.25) is 5.91 Å². The van der Waals surface area contributed by atoms with E-state index in [2.05, 4.69) is 10.3 Å². The third kappa shape index (κ3) is 5.11. The second-order valence-corrected chi connectivity index (χ2v) is 6.57. The van der Waals surface area contributed by atoms with E-state index in [1.54, 1.807) is 66.9 Å². The average molecular weight is 393 g/mol. The lowest BCUT2D eigenvalue weighted by molar-refractivity contribution is -0.116. The number of benzene rings is 2. The van der Waals surface area contributed by atoms with Crippen LogP contribution in [0.3, 0.4) is 0 Å². The van der Waals surface area contributed by atoms with Gasteiger partial charge in [-0.05, 0) is 48.5 Å². The van der Waals surface area contributed by atoms with Crippen LogP contribution in [0.1, 0.15) is 39.1 Å². The summed E-state index contributed by atoms with van der Waals surface area (Å²) >= 11 is 5.85. The minimum Gasteiger partial charge on any atom is -0.326 e. The summed E-state index contributed by atoms with van der Waals surface area (Å²) in [5, 5.41) is 3.28. The van der Waals surface area contributed by atoms with E-state index >= 15 is 0 Å². The summed E-state index contributed by atoms with van der Waals surface area (Å²) in [5.74, 6) is -0.609. The molecule has 1 aromatic heterocycles. The van der Waals surface area contributed by atoms with Crippen LogP contribution in [0.5, 0.6) is 0 Å². The standard InChI is InChI=1S/C22H17ClN2O3/c23-18-8-6-15(7-9-18)22(28)16-3-1-5-19(13-16)25-21(27)11-10-20(26)17-4-2-12-24-14-17/h1-9,12-14H,10-11H2,(H,25,27). The molecular formula is C22H17ClN2O3. The zero-order chi connectivity index (χ0) is 19.9. The first-order chi connectivity index (χ1) is 13.5. The fourth-order valence-electron chi connectivity index (χ4n) is 2.63. The molecule has 0 spiro atoms. The van der Waals surface area contributed by atoms with Gasteiger partial charge in [-0.3, -0.25) is 19.4 Å². The highest BCUT2D eigenvalue weighted by Gasteiger charge is 2.12. The summed E-state index contributed by atoms with van der Waals surface area (Å²) in [6.07, 6.45) is 3.19. The number of hydrogen-bond acceptors (Lipinski definition) is 4. The Balaban J connectivity index is 1.61. The third-order valence-corrected chi connectivity index (χ3v) is 4.33. The van der Waals surface area contributed by atoms with Crippen molar-refractivity contribution in [2.24, 2.45) is 0 Å². The molecule has 1 amide bonds. The molecule has 0 bridgehead atoms. The van der Waals surface area contributed by atoms with Gasteiger partial charge in [-0.2, -0.15) is 0 Å². The molecule has 0 aliphatic rings. The number of nitrogens with zero attached hydrogens (tertiary/aromatic N) is 1.